The summed E-state index contributed by atoms with van der Waals surface area (Å²) >= 11 is 6.06. The molecule has 1 aliphatic carbocycles. The third-order valence-electron chi connectivity index (χ3n) is 3.99. The molecule has 0 radical (unpaired) electrons. The summed E-state index contributed by atoms with van der Waals surface area (Å²) in [5.41, 5.74) is 2.37. The van der Waals surface area contributed by atoms with Crippen LogP contribution in [0.2, 0.25) is 5.02 Å². The van der Waals surface area contributed by atoms with Gasteiger partial charge in [0.15, 0.2) is 0 Å². The number of ether oxygens (including phenoxy) is 1. The largest absolute Gasteiger partial charge is 0.495 e. The molecule has 0 fully saturated rings. The normalized spacial score (nSPS) is 14.1. The lowest BCUT2D eigenvalue weighted by Crippen LogP contribution is -2.26. The van der Waals surface area contributed by atoms with Gasteiger partial charge in [-0.05, 0) is 50.3 Å². The Morgan fingerprint density at radius 1 is 1.30 bits per heavy atom. The Balaban J connectivity index is 1.62. The predicted octanol–water partition coefficient (Wildman–Crippen LogP) is 4.16. The van der Waals surface area contributed by atoms with E-state index in [-0.39, 0.29) is 5.91 Å². The molecule has 0 aliphatic heterocycles. The minimum atomic E-state index is 0.0773. The zero-order valence-electron chi connectivity index (χ0n) is 13.7. The molecule has 0 bridgehead atoms. The lowest BCUT2D eigenvalue weighted by molar-refractivity contribution is -0.120. The molecule has 0 unspecified atom stereocenters. The van der Waals surface area contributed by atoms with Crippen molar-refractivity contribution in [3.05, 3.63) is 34.9 Å². The maximum atomic E-state index is 11.8. The number of rotatable bonds is 8. The molecule has 1 aromatic rings. The van der Waals surface area contributed by atoms with Gasteiger partial charge in [-0.15, -0.1) is 0 Å². The van der Waals surface area contributed by atoms with E-state index in [1.807, 2.05) is 12.1 Å². The Kier molecular flexibility index (Phi) is 7.27. The molecule has 2 N–H and O–H groups in total. The first-order valence-corrected chi connectivity index (χ1v) is 8.59. The summed E-state index contributed by atoms with van der Waals surface area (Å²) in [5.74, 6) is 0.723. The lowest BCUT2D eigenvalue weighted by Gasteiger charge is -2.13. The fourth-order valence-electron chi connectivity index (χ4n) is 2.68. The van der Waals surface area contributed by atoms with E-state index in [0.29, 0.717) is 23.7 Å². The highest BCUT2D eigenvalue weighted by Gasteiger charge is 2.06. The number of allylic oxidation sites excluding steroid dienone is 1. The van der Waals surface area contributed by atoms with E-state index < -0.39 is 0 Å². The van der Waals surface area contributed by atoms with Gasteiger partial charge in [-0.2, -0.15) is 0 Å². The molecular formula is C18H25ClN2O2. The van der Waals surface area contributed by atoms with Crippen LogP contribution in [0.15, 0.2) is 29.8 Å². The van der Waals surface area contributed by atoms with Crippen molar-refractivity contribution in [2.45, 2.75) is 38.5 Å². The van der Waals surface area contributed by atoms with Gasteiger partial charge in [-0.1, -0.05) is 23.3 Å². The Bertz CT molecular complexity index is 558. The van der Waals surface area contributed by atoms with Crippen LogP contribution in [0.4, 0.5) is 5.69 Å². The fourth-order valence-corrected chi connectivity index (χ4v) is 2.94. The molecule has 126 valence electrons. The third-order valence-corrected chi connectivity index (χ3v) is 4.28. The first kappa shape index (κ1) is 17.7. The van der Waals surface area contributed by atoms with Crippen molar-refractivity contribution in [1.82, 2.24) is 5.32 Å². The lowest BCUT2D eigenvalue weighted by atomic mass is 9.97. The quantitative estimate of drug-likeness (QED) is 0.701. The molecule has 0 saturated heterocycles. The van der Waals surface area contributed by atoms with Crippen LogP contribution in [0, 0.1) is 0 Å². The van der Waals surface area contributed by atoms with Crippen molar-refractivity contribution in [2.75, 3.05) is 25.5 Å². The van der Waals surface area contributed by atoms with E-state index >= 15 is 0 Å². The smallest absolute Gasteiger partial charge is 0.221 e. The van der Waals surface area contributed by atoms with Crippen molar-refractivity contribution in [1.29, 1.82) is 0 Å². The molecule has 0 spiro atoms. The Hall–Kier alpha value is -1.68. The molecule has 0 heterocycles. The number of hydrogen-bond donors (Lipinski definition) is 2. The number of carbonyl (C=O) groups is 1. The van der Waals surface area contributed by atoms with Crippen LogP contribution >= 0.6 is 11.6 Å². The highest BCUT2D eigenvalue weighted by atomic mass is 35.5. The molecule has 1 aromatic carbocycles. The predicted molar refractivity (Wildman–Crippen MR) is 95.3 cm³/mol. The monoisotopic (exact) mass is 336 g/mol. The molecule has 4 nitrogen and oxygen atoms in total. The third kappa shape index (κ3) is 6.14. The van der Waals surface area contributed by atoms with Gasteiger partial charge in [0, 0.05) is 25.2 Å². The second-order valence-corrected chi connectivity index (χ2v) is 6.14. The number of methoxy groups -OCH3 is 1. The number of carbonyl (C=O) groups excluding carboxylic acids is 1. The van der Waals surface area contributed by atoms with Crippen molar-refractivity contribution in [3.63, 3.8) is 0 Å². The van der Waals surface area contributed by atoms with E-state index in [4.69, 9.17) is 16.3 Å². The highest BCUT2D eigenvalue weighted by Crippen LogP contribution is 2.27. The van der Waals surface area contributed by atoms with Crippen molar-refractivity contribution >= 4 is 23.2 Å². The zero-order valence-corrected chi connectivity index (χ0v) is 14.4. The average molecular weight is 337 g/mol. The van der Waals surface area contributed by atoms with Crippen molar-refractivity contribution in [3.8, 4) is 5.75 Å². The van der Waals surface area contributed by atoms with Crippen LogP contribution in [-0.4, -0.2) is 26.1 Å². The standard InChI is InChI=1S/C18H25ClN2O2/c1-23-17-8-7-15(13-16(17)19)20-12-10-18(22)21-11-9-14-5-3-2-4-6-14/h5,7-8,13,20H,2-4,6,9-12H2,1H3,(H,21,22). The van der Waals surface area contributed by atoms with Crippen LogP contribution < -0.4 is 15.4 Å². The molecule has 5 heteroatoms. The van der Waals surface area contributed by atoms with E-state index in [2.05, 4.69) is 16.7 Å². The summed E-state index contributed by atoms with van der Waals surface area (Å²) in [7, 11) is 1.59. The maximum absolute atomic E-state index is 11.8. The summed E-state index contributed by atoms with van der Waals surface area (Å²) in [6, 6.07) is 5.49. The summed E-state index contributed by atoms with van der Waals surface area (Å²) in [4.78, 5) is 11.8. The van der Waals surface area contributed by atoms with Gasteiger partial charge in [-0.25, -0.2) is 0 Å². The first-order chi connectivity index (χ1) is 11.2. The molecule has 0 aromatic heterocycles. The van der Waals surface area contributed by atoms with Gasteiger partial charge >= 0.3 is 0 Å². The Morgan fingerprint density at radius 2 is 2.17 bits per heavy atom. The summed E-state index contributed by atoms with van der Waals surface area (Å²) in [5, 5.41) is 6.73. The second kappa shape index (κ2) is 9.46. The van der Waals surface area contributed by atoms with E-state index in [9.17, 15) is 4.79 Å². The molecule has 23 heavy (non-hydrogen) atoms. The van der Waals surface area contributed by atoms with E-state index in [0.717, 1.165) is 18.7 Å². The van der Waals surface area contributed by atoms with Crippen LogP contribution in [0.5, 0.6) is 5.75 Å². The summed E-state index contributed by atoms with van der Waals surface area (Å²) in [6.45, 7) is 1.32. The number of hydrogen-bond acceptors (Lipinski definition) is 3. The van der Waals surface area contributed by atoms with Crippen molar-refractivity contribution < 1.29 is 9.53 Å². The maximum Gasteiger partial charge on any atom is 0.221 e. The Labute approximate surface area is 143 Å². The second-order valence-electron chi connectivity index (χ2n) is 5.73. The zero-order chi connectivity index (χ0) is 16.5. The summed E-state index contributed by atoms with van der Waals surface area (Å²) in [6.07, 6.45) is 8.72. The molecule has 0 saturated carbocycles. The number of anilines is 1. The number of amides is 1. The molecule has 2 rings (SSSR count). The van der Waals surface area contributed by atoms with Gasteiger partial charge in [0.1, 0.15) is 5.75 Å². The number of benzene rings is 1. The van der Waals surface area contributed by atoms with Crippen LogP contribution in [0.25, 0.3) is 0 Å². The van der Waals surface area contributed by atoms with Crippen LogP contribution in [0.3, 0.4) is 0 Å². The molecular weight excluding hydrogens is 312 g/mol. The Morgan fingerprint density at radius 3 is 2.87 bits per heavy atom. The first-order valence-electron chi connectivity index (χ1n) is 8.21. The van der Waals surface area contributed by atoms with Gasteiger partial charge in [0.25, 0.3) is 0 Å². The number of halogens is 1. The van der Waals surface area contributed by atoms with Gasteiger partial charge in [0.2, 0.25) is 5.91 Å². The topological polar surface area (TPSA) is 50.4 Å². The average Bonchev–Trinajstić information content (AvgIpc) is 2.56. The minimum absolute atomic E-state index is 0.0773. The van der Waals surface area contributed by atoms with Gasteiger partial charge in [0.05, 0.1) is 12.1 Å². The van der Waals surface area contributed by atoms with Crippen molar-refractivity contribution in [2.24, 2.45) is 0 Å². The van der Waals surface area contributed by atoms with Gasteiger partial charge in [-0.3, -0.25) is 4.79 Å². The fraction of sp³-hybridized carbons (Fsp3) is 0.500. The van der Waals surface area contributed by atoms with E-state index in [1.165, 1.54) is 31.3 Å². The number of nitrogens with one attached hydrogen (secondary N) is 2. The van der Waals surface area contributed by atoms with Crippen LogP contribution in [-0.2, 0) is 4.79 Å². The molecule has 1 amide bonds. The highest BCUT2D eigenvalue weighted by molar-refractivity contribution is 6.32. The SMILES string of the molecule is COc1ccc(NCCC(=O)NCCC2=CCCCC2)cc1Cl. The minimum Gasteiger partial charge on any atom is -0.495 e. The molecule has 0 atom stereocenters. The summed E-state index contributed by atoms with van der Waals surface area (Å²) < 4.78 is 5.11. The van der Waals surface area contributed by atoms with Gasteiger partial charge < -0.3 is 15.4 Å². The van der Waals surface area contributed by atoms with Crippen LogP contribution in [0.1, 0.15) is 38.5 Å². The van der Waals surface area contributed by atoms with E-state index in [1.54, 1.807) is 13.2 Å². The molecule has 1 aliphatic rings.